The van der Waals surface area contributed by atoms with Gasteiger partial charge in [0.25, 0.3) is 5.91 Å². The van der Waals surface area contributed by atoms with Gasteiger partial charge in [-0.2, -0.15) is 0 Å². The van der Waals surface area contributed by atoms with Gasteiger partial charge in [0.05, 0.1) is 7.11 Å². The average molecular weight is 287 g/mol. The van der Waals surface area contributed by atoms with E-state index < -0.39 is 0 Å². The minimum Gasteiger partial charge on any atom is -0.274 e. The van der Waals surface area contributed by atoms with E-state index in [1.165, 1.54) is 23.8 Å². The van der Waals surface area contributed by atoms with Crippen molar-refractivity contribution in [1.29, 1.82) is 0 Å². The maximum atomic E-state index is 11.2. The van der Waals surface area contributed by atoms with E-state index in [1.807, 2.05) is 47.6 Å². The van der Waals surface area contributed by atoms with Crippen LogP contribution in [-0.2, 0) is 9.63 Å². The minimum atomic E-state index is -0.144. The van der Waals surface area contributed by atoms with Crippen molar-refractivity contribution in [3.8, 4) is 0 Å². The number of amides is 1. The smallest absolute Gasteiger partial charge is 0.269 e. The largest absolute Gasteiger partial charge is 0.274 e. The molecule has 0 bridgehead atoms. The van der Waals surface area contributed by atoms with Crippen molar-refractivity contribution in [3.63, 3.8) is 0 Å². The van der Waals surface area contributed by atoms with Gasteiger partial charge in [-0.25, -0.2) is 5.06 Å². The summed E-state index contributed by atoms with van der Waals surface area (Å²) in [5.74, 6) is -0.144. The summed E-state index contributed by atoms with van der Waals surface area (Å²) in [6, 6.07) is 0. The second kappa shape index (κ2) is 26.5. The Bertz CT molecular complexity index is 223. The van der Waals surface area contributed by atoms with Gasteiger partial charge in [-0.15, -0.1) is 0 Å². The van der Waals surface area contributed by atoms with E-state index in [1.54, 1.807) is 7.05 Å². The molecule has 3 heteroatoms. The van der Waals surface area contributed by atoms with Gasteiger partial charge < -0.3 is 0 Å². The van der Waals surface area contributed by atoms with Crippen LogP contribution in [-0.4, -0.2) is 25.1 Å². The van der Waals surface area contributed by atoms with Crippen LogP contribution in [0.3, 0.4) is 0 Å². The Labute approximate surface area is 127 Å². The molecule has 0 aliphatic carbocycles. The first kappa shape index (κ1) is 27.3. The lowest BCUT2D eigenvalue weighted by molar-refractivity contribution is -0.162. The zero-order valence-corrected chi connectivity index (χ0v) is 15.2. The Morgan fingerprint density at radius 3 is 1.95 bits per heavy atom. The average Bonchev–Trinajstić information content (AvgIpc) is 2.55. The van der Waals surface area contributed by atoms with Crippen LogP contribution in [0.25, 0.3) is 0 Å². The van der Waals surface area contributed by atoms with E-state index in [9.17, 15) is 4.79 Å². The van der Waals surface area contributed by atoms with E-state index in [4.69, 9.17) is 4.84 Å². The molecule has 0 heterocycles. The van der Waals surface area contributed by atoms with Crippen LogP contribution in [0, 0.1) is 0 Å². The van der Waals surface area contributed by atoms with Crippen LogP contribution < -0.4 is 0 Å². The van der Waals surface area contributed by atoms with Crippen molar-refractivity contribution in [2.75, 3.05) is 14.2 Å². The molecule has 0 aliphatic rings. The van der Waals surface area contributed by atoms with Crippen LogP contribution in [0.2, 0.25) is 0 Å². The highest BCUT2D eigenvalue weighted by atomic mass is 16.7. The highest BCUT2D eigenvalue weighted by molar-refractivity contribution is 5.86. The Balaban J connectivity index is -0.000000187. The lowest BCUT2D eigenvalue weighted by Crippen LogP contribution is -2.22. The molecular weight excluding hydrogens is 250 g/mol. The quantitative estimate of drug-likeness (QED) is 0.372. The molecule has 122 valence electrons. The minimum absolute atomic E-state index is 0.144. The fourth-order valence-electron chi connectivity index (χ4n) is 0.843. The molecule has 0 aromatic rings. The van der Waals surface area contributed by atoms with Crippen LogP contribution in [0.1, 0.15) is 67.7 Å². The molecule has 20 heavy (non-hydrogen) atoms. The van der Waals surface area contributed by atoms with E-state index in [2.05, 4.69) is 13.5 Å². The van der Waals surface area contributed by atoms with Gasteiger partial charge in [-0.3, -0.25) is 9.63 Å². The molecule has 0 N–H and O–H groups in total. The maximum Gasteiger partial charge on any atom is 0.269 e. The molecule has 0 radical (unpaired) electrons. The molecule has 0 aromatic carbocycles. The summed E-state index contributed by atoms with van der Waals surface area (Å²) >= 11 is 0. The number of carbonyl (C=O) groups excluding carboxylic acids is 1. The molecule has 0 saturated heterocycles. The standard InChI is InChI=1S/C11H19NO2.3C2H6/c1-5-10(2)8-6-7-9-11(13)12(3)14-4;3*1-2/h7,9H,2,5-6,8H2,1,3-4H3;3*1-2H3/b9-7+;;;. The summed E-state index contributed by atoms with van der Waals surface area (Å²) in [5, 5.41) is 1.19. The summed E-state index contributed by atoms with van der Waals surface area (Å²) in [6.45, 7) is 18.0. The first-order valence-electron chi connectivity index (χ1n) is 7.76. The number of hydroxylamine groups is 2. The van der Waals surface area contributed by atoms with Crippen molar-refractivity contribution < 1.29 is 9.63 Å². The molecule has 0 unspecified atom stereocenters. The van der Waals surface area contributed by atoms with Gasteiger partial charge in [-0.1, -0.05) is 66.7 Å². The van der Waals surface area contributed by atoms with E-state index in [0.29, 0.717) is 0 Å². The molecule has 0 aliphatic heterocycles. The number of hydrogen-bond donors (Lipinski definition) is 0. The summed E-state index contributed by atoms with van der Waals surface area (Å²) < 4.78 is 0. The zero-order chi connectivity index (χ0) is 17.0. The SMILES string of the molecule is C=C(CC)CC/C=C/C(=O)N(C)OC.CC.CC.CC. The normalized spacial score (nSPS) is 8.25. The van der Waals surface area contributed by atoms with Crippen molar-refractivity contribution in [3.05, 3.63) is 24.3 Å². The van der Waals surface area contributed by atoms with E-state index in [0.717, 1.165) is 19.3 Å². The highest BCUT2D eigenvalue weighted by Gasteiger charge is 2.00. The summed E-state index contributed by atoms with van der Waals surface area (Å²) in [4.78, 5) is 15.9. The number of allylic oxidation sites excluding steroid dienone is 2. The fraction of sp³-hybridized carbons (Fsp3) is 0.706. The predicted octanol–water partition coefficient (Wildman–Crippen LogP) is 5.39. The predicted molar refractivity (Wildman–Crippen MR) is 91.6 cm³/mol. The zero-order valence-electron chi connectivity index (χ0n) is 15.2. The second-order valence-electron chi connectivity index (χ2n) is 3.06. The Morgan fingerprint density at radius 2 is 1.60 bits per heavy atom. The van der Waals surface area contributed by atoms with Crippen LogP contribution in [0.15, 0.2) is 24.3 Å². The number of likely N-dealkylation sites (N-methyl/N-ethyl adjacent to an activating group) is 1. The van der Waals surface area contributed by atoms with Crippen molar-refractivity contribution in [2.45, 2.75) is 67.7 Å². The van der Waals surface area contributed by atoms with E-state index in [-0.39, 0.29) is 5.91 Å². The third kappa shape index (κ3) is 22.1. The molecule has 0 fully saturated rings. The topological polar surface area (TPSA) is 29.5 Å². The molecule has 1 amide bonds. The third-order valence-electron chi connectivity index (χ3n) is 2.01. The highest BCUT2D eigenvalue weighted by Crippen LogP contribution is 2.06. The number of nitrogens with zero attached hydrogens (tertiary/aromatic N) is 1. The van der Waals surface area contributed by atoms with Crippen molar-refractivity contribution in [1.82, 2.24) is 5.06 Å². The Hall–Kier alpha value is -1.09. The molecule has 0 atom stereocenters. The van der Waals surface area contributed by atoms with Gasteiger partial charge in [0.15, 0.2) is 0 Å². The molecule has 0 saturated carbocycles. The summed E-state index contributed by atoms with van der Waals surface area (Å²) in [6.07, 6.45) is 6.16. The van der Waals surface area contributed by atoms with Gasteiger partial charge in [-0.05, 0) is 19.3 Å². The van der Waals surface area contributed by atoms with Gasteiger partial charge in [0.2, 0.25) is 0 Å². The van der Waals surface area contributed by atoms with Crippen LogP contribution in [0.5, 0.6) is 0 Å². The Morgan fingerprint density at radius 1 is 1.15 bits per heavy atom. The van der Waals surface area contributed by atoms with Crippen LogP contribution in [0.4, 0.5) is 0 Å². The molecule has 0 spiro atoms. The molecular formula is C17H37NO2. The van der Waals surface area contributed by atoms with Gasteiger partial charge in [0.1, 0.15) is 0 Å². The maximum absolute atomic E-state index is 11.2. The van der Waals surface area contributed by atoms with Crippen LogP contribution >= 0.6 is 0 Å². The number of rotatable bonds is 6. The van der Waals surface area contributed by atoms with Gasteiger partial charge >= 0.3 is 0 Å². The number of hydrogen-bond acceptors (Lipinski definition) is 2. The molecule has 3 nitrogen and oxygen atoms in total. The lowest BCUT2D eigenvalue weighted by atomic mass is 10.1. The Kier molecular flexibility index (Phi) is 36.1. The lowest BCUT2D eigenvalue weighted by Gasteiger charge is -2.09. The fourth-order valence-corrected chi connectivity index (χ4v) is 0.843. The first-order chi connectivity index (χ1) is 9.61. The first-order valence-corrected chi connectivity index (χ1v) is 7.76. The molecule has 0 rings (SSSR count). The summed E-state index contributed by atoms with van der Waals surface area (Å²) in [7, 11) is 3.04. The monoisotopic (exact) mass is 287 g/mol. The second-order valence-corrected chi connectivity index (χ2v) is 3.06. The van der Waals surface area contributed by atoms with E-state index >= 15 is 0 Å². The molecule has 0 aromatic heterocycles. The van der Waals surface area contributed by atoms with Gasteiger partial charge in [0, 0.05) is 13.1 Å². The summed E-state index contributed by atoms with van der Waals surface area (Å²) in [5.41, 5.74) is 1.21. The number of carbonyl (C=O) groups is 1. The van der Waals surface area contributed by atoms with Crippen molar-refractivity contribution >= 4 is 5.91 Å². The van der Waals surface area contributed by atoms with Crippen molar-refractivity contribution in [2.24, 2.45) is 0 Å². The third-order valence-corrected chi connectivity index (χ3v) is 2.01.